The lowest BCUT2D eigenvalue weighted by Crippen LogP contribution is -2.47. The molecular formula is C23H27N3O6S. The second kappa shape index (κ2) is 9.40. The Labute approximate surface area is 193 Å². The first-order valence-electron chi connectivity index (χ1n) is 10.8. The summed E-state index contributed by atoms with van der Waals surface area (Å²) in [5, 5.41) is 5.49. The lowest BCUT2D eigenvalue weighted by atomic mass is 9.97. The summed E-state index contributed by atoms with van der Waals surface area (Å²) in [5.41, 5.74) is 1.53. The maximum atomic E-state index is 12.8. The summed E-state index contributed by atoms with van der Waals surface area (Å²) in [6.45, 7) is 4.16. The molecule has 0 aliphatic carbocycles. The molecule has 0 bridgehead atoms. The van der Waals surface area contributed by atoms with Gasteiger partial charge in [-0.1, -0.05) is 17.7 Å². The van der Waals surface area contributed by atoms with Crippen LogP contribution in [0, 0.1) is 12.8 Å². The molecule has 2 aliphatic rings. The summed E-state index contributed by atoms with van der Waals surface area (Å²) in [6.07, 6.45) is 0.793. The average molecular weight is 474 g/mol. The van der Waals surface area contributed by atoms with Crippen LogP contribution < -0.4 is 20.1 Å². The van der Waals surface area contributed by atoms with Crippen LogP contribution in [0.4, 0.5) is 5.69 Å². The first kappa shape index (κ1) is 23.1. The molecule has 2 N–H and O–H groups in total. The largest absolute Gasteiger partial charge is 0.454 e. The summed E-state index contributed by atoms with van der Waals surface area (Å²) in [4.78, 5) is 25.5. The number of aryl methyl sites for hydroxylation is 1. The normalized spacial score (nSPS) is 17.4. The zero-order valence-electron chi connectivity index (χ0n) is 18.5. The van der Waals surface area contributed by atoms with Crippen LogP contribution in [0.2, 0.25) is 0 Å². The number of carbonyl (C=O) groups is 2. The molecule has 2 heterocycles. The van der Waals surface area contributed by atoms with Gasteiger partial charge in [0, 0.05) is 30.8 Å². The van der Waals surface area contributed by atoms with E-state index in [0.29, 0.717) is 30.0 Å². The maximum absolute atomic E-state index is 12.8. The molecule has 1 saturated heterocycles. The Balaban J connectivity index is 1.28. The number of hydrogen-bond donors (Lipinski definition) is 2. The molecule has 2 aliphatic heterocycles. The first-order chi connectivity index (χ1) is 15.7. The van der Waals surface area contributed by atoms with E-state index in [-0.39, 0.29) is 42.5 Å². The predicted octanol–water partition coefficient (Wildman–Crippen LogP) is 2.27. The summed E-state index contributed by atoms with van der Waals surface area (Å²) in [6, 6.07) is 11.1. The molecule has 2 aromatic rings. The number of carbonyl (C=O) groups excluding carboxylic acids is 2. The van der Waals surface area contributed by atoms with Crippen LogP contribution in [0.25, 0.3) is 0 Å². The molecule has 10 heteroatoms. The molecule has 0 radical (unpaired) electrons. The minimum Gasteiger partial charge on any atom is -0.454 e. The number of hydrogen-bond acceptors (Lipinski definition) is 6. The Bertz CT molecular complexity index is 1140. The van der Waals surface area contributed by atoms with Gasteiger partial charge in [-0.05, 0) is 51.0 Å². The molecule has 176 valence electrons. The predicted molar refractivity (Wildman–Crippen MR) is 121 cm³/mol. The Morgan fingerprint density at radius 2 is 1.70 bits per heavy atom. The molecule has 1 atom stereocenters. The minimum atomic E-state index is -3.59. The van der Waals surface area contributed by atoms with Crippen molar-refractivity contribution >= 4 is 27.5 Å². The minimum absolute atomic E-state index is 0.143. The Morgan fingerprint density at radius 1 is 1.03 bits per heavy atom. The van der Waals surface area contributed by atoms with Crippen molar-refractivity contribution in [1.29, 1.82) is 0 Å². The highest BCUT2D eigenvalue weighted by Crippen LogP contribution is 2.34. The number of rotatable bonds is 6. The van der Waals surface area contributed by atoms with Gasteiger partial charge in [0.15, 0.2) is 11.5 Å². The van der Waals surface area contributed by atoms with Crippen molar-refractivity contribution in [3.63, 3.8) is 0 Å². The van der Waals surface area contributed by atoms with Gasteiger partial charge in [-0.25, -0.2) is 8.42 Å². The van der Waals surface area contributed by atoms with E-state index in [1.165, 1.54) is 4.31 Å². The maximum Gasteiger partial charge on any atom is 0.246 e. The monoisotopic (exact) mass is 473 g/mol. The molecule has 1 fully saturated rings. The van der Waals surface area contributed by atoms with Gasteiger partial charge in [0.1, 0.15) is 6.04 Å². The SMILES string of the molecule is Cc1ccc(S(=O)(=O)N2CCC(C(=O)NC(C)C(=O)Nc3ccc4c(c3)OCO4)CC2)cc1. The molecule has 9 nitrogen and oxygen atoms in total. The number of amides is 2. The standard InChI is InChI=1S/C23H27N3O6S/c1-15-3-6-19(7-4-15)33(29,30)26-11-9-17(10-12-26)23(28)24-16(2)22(27)25-18-5-8-20-21(13-18)32-14-31-20/h3-8,13,16-17H,9-12,14H2,1-2H3,(H,24,28)(H,25,27). The summed E-state index contributed by atoms with van der Waals surface area (Å²) in [7, 11) is -3.59. The first-order valence-corrected chi connectivity index (χ1v) is 12.3. The lowest BCUT2D eigenvalue weighted by Gasteiger charge is -2.31. The van der Waals surface area contributed by atoms with Crippen LogP contribution in [-0.2, 0) is 19.6 Å². The van der Waals surface area contributed by atoms with Crippen molar-refractivity contribution in [2.75, 3.05) is 25.2 Å². The van der Waals surface area contributed by atoms with E-state index in [1.807, 2.05) is 6.92 Å². The fourth-order valence-corrected chi connectivity index (χ4v) is 5.31. The second-order valence-corrected chi connectivity index (χ2v) is 10.2. The summed E-state index contributed by atoms with van der Waals surface area (Å²) in [5.74, 6) is 0.203. The van der Waals surface area contributed by atoms with Gasteiger partial charge >= 0.3 is 0 Å². The van der Waals surface area contributed by atoms with E-state index >= 15 is 0 Å². The van der Waals surface area contributed by atoms with E-state index in [0.717, 1.165) is 5.56 Å². The van der Waals surface area contributed by atoms with Crippen LogP contribution in [0.1, 0.15) is 25.3 Å². The fraction of sp³-hybridized carbons (Fsp3) is 0.391. The van der Waals surface area contributed by atoms with Crippen molar-refractivity contribution in [3.8, 4) is 11.5 Å². The number of ether oxygens (including phenoxy) is 2. The summed E-state index contributed by atoms with van der Waals surface area (Å²) >= 11 is 0. The number of nitrogens with zero attached hydrogens (tertiary/aromatic N) is 1. The highest BCUT2D eigenvalue weighted by Gasteiger charge is 2.33. The molecule has 33 heavy (non-hydrogen) atoms. The number of sulfonamides is 1. The van der Waals surface area contributed by atoms with Crippen LogP contribution in [0.3, 0.4) is 0 Å². The van der Waals surface area contributed by atoms with Gasteiger partial charge < -0.3 is 20.1 Å². The van der Waals surface area contributed by atoms with Gasteiger partial charge in [-0.3, -0.25) is 9.59 Å². The third-order valence-corrected chi connectivity index (χ3v) is 7.79. The summed E-state index contributed by atoms with van der Waals surface area (Å²) < 4.78 is 37.6. The van der Waals surface area contributed by atoms with E-state index in [1.54, 1.807) is 49.4 Å². The van der Waals surface area contributed by atoms with Crippen LogP contribution in [-0.4, -0.2) is 50.5 Å². The quantitative estimate of drug-likeness (QED) is 0.665. The van der Waals surface area contributed by atoms with Crippen molar-refractivity contribution < 1.29 is 27.5 Å². The molecule has 2 amide bonds. The van der Waals surface area contributed by atoms with E-state index < -0.39 is 16.1 Å². The number of fused-ring (bicyclic) bond motifs is 1. The molecule has 4 rings (SSSR count). The van der Waals surface area contributed by atoms with Gasteiger partial charge in [0.25, 0.3) is 0 Å². The molecule has 0 saturated carbocycles. The zero-order valence-corrected chi connectivity index (χ0v) is 19.4. The molecule has 2 aromatic carbocycles. The van der Waals surface area contributed by atoms with Crippen molar-refractivity contribution in [2.24, 2.45) is 5.92 Å². The second-order valence-electron chi connectivity index (χ2n) is 8.28. The smallest absolute Gasteiger partial charge is 0.246 e. The van der Waals surface area contributed by atoms with Crippen LogP contribution >= 0.6 is 0 Å². The third-order valence-electron chi connectivity index (χ3n) is 5.88. The zero-order chi connectivity index (χ0) is 23.6. The van der Waals surface area contributed by atoms with Crippen molar-refractivity contribution in [3.05, 3.63) is 48.0 Å². The van der Waals surface area contributed by atoms with E-state index in [9.17, 15) is 18.0 Å². The molecule has 0 aromatic heterocycles. The average Bonchev–Trinajstić information content (AvgIpc) is 3.27. The van der Waals surface area contributed by atoms with Gasteiger partial charge in [0.2, 0.25) is 28.6 Å². The van der Waals surface area contributed by atoms with Gasteiger partial charge in [-0.2, -0.15) is 4.31 Å². The Hall–Kier alpha value is -3.11. The Morgan fingerprint density at radius 3 is 2.39 bits per heavy atom. The molecule has 1 unspecified atom stereocenters. The number of anilines is 1. The van der Waals surface area contributed by atoms with Gasteiger partial charge in [0.05, 0.1) is 4.90 Å². The third kappa shape index (κ3) is 5.12. The highest BCUT2D eigenvalue weighted by molar-refractivity contribution is 7.89. The van der Waals surface area contributed by atoms with Crippen LogP contribution in [0.15, 0.2) is 47.4 Å². The fourth-order valence-electron chi connectivity index (χ4n) is 3.84. The van der Waals surface area contributed by atoms with Crippen LogP contribution in [0.5, 0.6) is 11.5 Å². The molecular weight excluding hydrogens is 446 g/mol. The van der Waals surface area contributed by atoms with E-state index in [2.05, 4.69) is 10.6 Å². The Kier molecular flexibility index (Phi) is 6.57. The highest BCUT2D eigenvalue weighted by atomic mass is 32.2. The van der Waals surface area contributed by atoms with Crippen molar-refractivity contribution in [1.82, 2.24) is 9.62 Å². The lowest BCUT2D eigenvalue weighted by molar-refractivity contribution is -0.129. The number of nitrogens with one attached hydrogen (secondary N) is 2. The topological polar surface area (TPSA) is 114 Å². The number of benzene rings is 2. The molecule has 0 spiro atoms. The van der Waals surface area contributed by atoms with E-state index in [4.69, 9.17) is 9.47 Å². The van der Waals surface area contributed by atoms with Crippen molar-refractivity contribution in [2.45, 2.75) is 37.6 Å². The van der Waals surface area contributed by atoms with Gasteiger partial charge in [-0.15, -0.1) is 0 Å². The number of piperidine rings is 1.